The highest BCUT2D eigenvalue weighted by molar-refractivity contribution is 7.92. The van der Waals surface area contributed by atoms with Gasteiger partial charge in [0.05, 0.1) is 5.56 Å². The molecule has 0 aromatic carbocycles. The van der Waals surface area contributed by atoms with Gasteiger partial charge in [-0.25, -0.2) is 14.4 Å². The fourth-order valence-corrected chi connectivity index (χ4v) is 2.29. The molecule has 0 atom stereocenters. The first-order valence-electron chi connectivity index (χ1n) is 5.02. The summed E-state index contributed by atoms with van der Waals surface area (Å²) in [5.41, 5.74) is 0.284. The van der Waals surface area contributed by atoms with Gasteiger partial charge in [0.2, 0.25) is 5.03 Å². The predicted molar refractivity (Wildman–Crippen MR) is 64.0 cm³/mol. The number of hydrogen-bond donors (Lipinski definition) is 1. The Morgan fingerprint density at radius 3 is 2.63 bits per heavy atom. The van der Waals surface area contributed by atoms with E-state index in [0.717, 1.165) is 6.07 Å². The van der Waals surface area contributed by atoms with Crippen molar-refractivity contribution in [2.75, 3.05) is 4.72 Å². The van der Waals surface area contributed by atoms with Gasteiger partial charge in [-0.15, -0.1) is 0 Å². The Morgan fingerprint density at radius 1 is 1.26 bits per heavy atom. The van der Waals surface area contributed by atoms with Gasteiger partial charge < -0.3 is 0 Å². The summed E-state index contributed by atoms with van der Waals surface area (Å²) in [6, 6.07) is 6.82. The fourth-order valence-electron chi connectivity index (χ4n) is 1.28. The number of sulfonamides is 1. The number of anilines is 1. The Balaban J connectivity index is 2.32. The predicted octanol–water partition coefficient (Wildman–Crippen LogP) is 1.29. The molecule has 0 bridgehead atoms. The molecule has 0 amide bonds. The van der Waals surface area contributed by atoms with Gasteiger partial charge in [0.15, 0.2) is 5.82 Å². The van der Waals surface area contributed by atoms with Crippen LogP contribution in [0.2, 0.25) is 0 Å². The summed E-state index contributed by atoms with van der Waals surface area (Å²) in [6.07, 6.45) is 2.37. The monoisotopic (exact) mass is 278 g/mol. The number of hydrogen-bond acceptors (Lipinski definition) is 5. The highest BCUT2D eigenvalue weighted by Crippen LogP contribution is 2.14. The van der Waals surface area contributed by atoms with E-state index in [9.17, 15) is 12.8 Å². The van der Waals surface area contributed by atoms with Crippen LogP contribution in [0.5, 0.6) is 0 Å². The Hall–Kier alpha value is -2.53. The lowest BCUT2D eigenvalue weighted by atomic mass is 10.3. The van der Waals surface area contributed by atoms with Crippen molar-refractivity contribution in [3.05, 3.63) is 48.0 Å². The second kappa shape index (κ2) is 4.99. The van der Waals surface area contributed by atoms with Crippen LogP contribution >= 0.6 is 0 Å². The number of nitriles is 1. The van der Waals surface area contributed by atoms with Gasteiger partial charge in [-0.1, -0.05) is 0 Å². The van der Waals surface area contributed by atoms with E-state index in [-0.39, 0.29) is 11.4 Å². The Morgan fingerprint density at radius 2 is 2.05 bits per heavy atom. The van der Waals surface area contributed by atoms with Gasteiger partial charge >= 0.3 is 0 Å². The van der Waals surface area contributed by atoms with Gasteiger partial charge in [-0.05, 0) is 24.3 Å². The number of nitrogens with zero attached hydrogens (tertiary/aromatic N) is 3. The van der Waals surface area contributed by atoms with E-state index >= 15 is 0 Å². The summed E-state index contributed by atoms with van der Waals surface area (Å²) in [6.45, 7) is 0. The molecule has 6 nitrogen and oxygen atoms in total. The minimum atomic E-state index is -4.15. The lowest BCUT2D eigenvalue weighted by Gasteiger charge is -2.06. The van der Waals surface area contributed by atoms with Gasteiger partial charge in [0.25, 0.3) is 10.0 Å². The minimum absolute atomic E-state index is 0.0240. The second-order valence-electron chi connectivity index (χ2n) is 3.44. The molecule has 0 saturated heterocycles. The molecule has 96 valence electrons. The maximum atomic E-state index is 13.4. The van der Waals surface area contributed by atoms with Crippen molar-refractivity contribution in [1.82, 2.24) is 9.97 Å². The van der Waals surface area contributed by atoms with E-state index in [4.69, 9.17) is 5.26 Å². The van der Waals surface area contributed by atoms with Crippen LogP contribution in [0.4, 0.5) is 10.2 Å². The van der Waals surface area contributed by atoms with Crippen LogP contribution in [0.3, 0.4) is 0 Å². The van der Waals surface area contributed by atoms with Crippen molar-refractivity contribution in [2.24, 2.45) is 0 Å². The van der Waals surface area contributed by atoms with E-state index in [1.165, 1.54) is 30.6 Å². The second-order valence-corrected chi connectivity index (χ2v) is 5.04. The number of rotatable bonds is 3. The first-order chi connectivity index (χ1) is 9.03. The topological polar surface area (TPSA) is 95.7 Å². The van der Waals surface area contributed by atoms with Gasteiger partial charge in [0, 0.05) is 12.4 Å². The van der Waals surface area contributed by atoms with E-state index in [0.29, 0.717) is 0 Å². The van der Waals surface area contributed by atoms with E-state index in [1.54, 1.807) is 0 Å². The third-order valence-electron chi connectivity index (χ3n) is 2.11. The molecular formula is C11H7FN4O2S. The Kier molecular flexibility index (Phi) is 3.39. The molecule has 0 spiro atoms. The van der Waals surface area contributed by atoms with Crippen molar-refractivity contribution in [2.45, 2.75) is 5.03 Å². The normalized spacial score (nSPS) is 10.7. The van der Waals surface area contributed by atoms with Crippen molar-refractivity contribution in [3.63, 3.8) is 0 Å². The number of pyridine rings is 2. The highest BCUT2D eigenvalue weighted by Gasteiger charge is 2.20. The van der Waals surface area contributed by atoms with Crippen LogP contribution in [-0.4, -0.2) is 18.4 Å². The molecule has 0 unspecified atom stereocenters. The van der Waals surface area contributed by atoms with Crippen molar-refractivity contribution >= 4 is 15.8 Å². The lowest BCUT2D eigenvalue weighted by Crippen LogP contribution is -2.16. The van der Waals surface area contributed by atoms with Crippen LogP contribution in [0.1, 0.15) is 5.56 Å². The number of aromatic nitrogens is 2. The average molecular weight is 278 g/mol. The maximum absolute atomic E-state index is 13.4. The van der Waals surface area contributed by atoms with Crippen molar-refractivity contribution in [3.8, 4) is 6.07 Å². The molecule has 8 heteroatoms. The van der Waals surface area contributed by atoms with E-state index in [1.807, 2.05) is 6.07 Å². The van der Waals surface area contributed by atoms with Gasteiger partial charge in [-0.2, -0.15) is 13.7 Å². The molecule has 2 rings (SSSR count). The number of nitrogens with one attached hydrogen (secondary N) is 1. The molecule has 2 heterocycles. The molecule has 0 aliphatic rings. The Bertz CT molecular complexity index is 738. The molecule has 1 N–H and O–H groups in total. The fraction of sp³-hybridized carbons (Fsp3) is 0. The molecule has 19 heavy (non-hydrogen) atoms. The average Bonchev–Trinajstić information content (AvgIpc) is 2.39. The quantitative estimate of drug-likeness (QED) is 0.912. The zero-order valence-corrected chi connectivity index (χ0v) is 10.2. The highest BCUT2D eigenvalue weighted by atomic mass is 32.2. The summed E-state index contributed by atoms with van der Waals surface area (Å²) in [5, 5.41) is 7.88. The van der Waals surface area contributed by atoms with Gasteiger partial charge in [-0.3, -0.25) is 4.72 Å². The minimum Gasteiger partial charge on any atom is -0.262 e. The summed E-state index contributed by atoms with van der Waals surface area (Å²) in [4.78, 5) is 7.20. The van der Waals surface area contributed by atoms with Crippen LogP contribution in [0.15, 0.2) is 41.7 Å². The van der Waals surface area contributed by atoms with Gasteiger partial charge in [0.1, 0.15) is 11.9 Å². The first-order valence-corrected chi connectivity index (χ1v) is 6.51. The van der Waals surface area contributed by atoms with Crippen LogP contribution in [-0.2, 0) is 10.0 Å². The molecule has 0 fully saturated rings. The van der Waals surface area contributed by atoms with E-state index in [2.05, 4.69) is 14.7 Å². The van der Waals surface area contributed by atoms with Crippen LogP contribution < -0.4 is 4.72 Å². The largest absolute Gasteiger partial charge is 0.283 e. The first kappa shape index (κ1) is 12.9. The third kappa shape index (κ3) is 2.83. The molecular weight excluding hydrogens is 271 g/mol. The molecule has 0 saturated carbocycles. The Labute approximate surface area is 108 Å². The SMILES string of the molecule is N#Cc1ccc(NS(=O)(=O)c2ncccc2F)nc1. The van der Waals surface area contributed by atoms with Crippen molar-refractivity contribution < 1.29 is 12.8 Å². The molecule has 0 aliphatic heterocycles. The zero-order chi connectivity index (χ0) is 13.9. The molecule has 0 radical (unpaired) electrons. The van der Waals surface area contributed by atoms with Crippen LogP contribution in [0, 0.1) is 17.1 Å². The smallest absolute Gasteiger partial charge is 0.262 e. The molecule has 0 aliphatic carbocycles. The summed E-state index contributed by atoms with van der Waals surface area (Å²) in [7, 11) is -4.15. The summed E-state index contributed by atoms with van der Waals surface area (Å²) < 4.78 is 39.2. The van der Waals surface area contributed by atoms with Crippen molar-refractivity contribution in [1.29, 1.82) is 5.26 Å². The van der Waals surface area contributed by atoms with E-state index < -0.39 is 20.9 Å². The lowest BCUT2D eigenvalue weighted by molar-refractivity contribution is 0.556. The third-order valence-corrected chi connectivity index (χ3v) is 3.40. The van der Waals surface area contributed by atoms with Crippen LogP contribution in [0.25, 0.3) is 0 Å². The summed E-state index contributed by atoms with van der Waals surface area (Å²) in [5.74, 6) is -0.979. The standard InChI is InChI=1S/C11H7FN4O2S/c12-9-2-1-5-14-11(9)19(17,18)16-10-4-3-8(6-13)7-15-10/h1-5,7H,(H,15,16). The number of halogens is 1. The zero-order valence-electron chi connectivity index (χ0n) is 9.41. The summed E-state index contributed by atoms with van der Waals surface area (Å²) >= 11 is 0. The molecule has 2 aromatic rings. The molecule has 2 aromatic heterocycles. The maximum Gasteiger partial charge on any atom is 0.283 e.